The van der Waals surface area contributed by atoms with Crippen LogP contribution in [0.4, 0.5) is 0 Å². The highest BCUT2D eigenvalue weighted by Crippen LogP contribution is 2.59. The van der Waals surface area contributed by atoms with E-state index in [1.54, 1.807) is 0 Å². The summed E-state index contributed by atoms with van der Waals surface area (Å²) >= 11 is 0. The van der Waals surface area contributed by atoms with E-state index in [1.807, 2.05) is 0 Å². The van der Waals surface area contributed by atoms with Crippen LogP contribution >= 0.6 is 0 Å². The second-order valence-electron chi connectivity index (χ2n) is 7.06. The van der Waals surface area contributed by atoms with Crippen LogP contribution < -0.4 is 0 Å². The smallest absolute Gasteiger partial charge is 0.222 e. The van der Waals surface area contributed by atoms with Gasteiger partial charge in [0.1, 0.15) is 5.25 Å². The largest absolute Gasteiger partial charge is 0.411 e. The van der Waals surface area contributed by atoms with E-state index in [-0.39, 0.29) is 17.3 Å². The zero-order valence-corrected chi connectivity index (χ0v) is 13.6. The summed E-state index contributed by atoms with van der Waals surface area (Å²) in [6, 6.07) is 0. The van der Waals surface area contributed by atoms with Crippen molar-refractivity contribution in [2.24, 2.45) is 28.3 Å². The van der Waals surface area contributed by atoms with Crippen molar-refractivity contribution in [2.45, 2.75) is 32.4 Å². The zero-order chi connectivity index (χ0) is 15.4. The summed E-state index contributed by atoms with van der Waals surface area (Å²) in [6.45, 7) is 8.07. The number of rotatable bonds is 2. The second-order valence-corrected chi connectivity index (χ2v) is 9.11. The zero-order valence-electron chi connectivity index (χ0n) is 12.8. The molecule has 4 atom stereocenters. The first-order chi connectivity index (χ1) is 9.81. The topological polar surface area (TPSA) is 79.2 Å². The van der Waals surface area contributed by atoms with Gasteiger partial charge >= 0.3 is 0 Å². The van der Waals surface area contributed by atoms with Crippen molar-refractivity contribution in [3.8, 4) is 0 Å². The highest BCUT2D eigenvalue weighted by molar-refractivity contribution is 7.90. The van der Waals surface area contributed by atoms with Crippen LogP contribution in [-0.2, 0) is 14.8 Å². The van der Waals surface area contributed by atoms with Crippen LogP contribution in [0.5, 0.6) is 0 Å². The minimum absolute atomic E-state index is 0.0243. The predicted molar refractivity (Wildman–Crippen MR) is 78.9 cm³/mol. The summed E-state index contributed by atoms with van der Waals surface area (Å²) in [5, 5.41) is 12.1. The molecule has 3 aliphatic rings. The molecule has 3 rings (SSSR count). The number of fused-ring (bicyclic) bond motifs is 2. The number of oxime groups is 1. The lowest BCUT2D eigenvalue weighted by atomic mass is 9.69. The Hall–Kier alpha value is -0.660. The molecular formula is C14H24N2O4S. The first-order valence-corrected chi connectivity index (χ1v) is 9.10. The monoisotopic (exact) mass is 316 g/mol. The molecule has 2 saturated carbocycles. The summed E-state index contributed by atoms with van der Waals surface area (Å²) < 4.78 is 32.8. The third-order valence-electron chi connectivity index (χ3n) is 6.04. The van der Waals surface area contributed by atoms with Crippen molar-refractivity contribution < 1.29 is 18.4 Å². The number of sulfonamides is 1. The lowest BCUT2D eigenvalue weighted by Gasteiger charge is -2.42. The Morgan fingerprint density at radius 2 is 1.95 bits per heavy atom. The first kappa shape index (κ1) is 15.2. The van der Waals surface area contributed by atoms with Gasteiger partial charge in [-0.3, -0.25) is 0 Å². The van der Waals surface area contributed by atoms with Crippen LogP contribution in [-0.4, -0.2) is 55.2 Å². The van der Waals surface area contributed by atoms with Crippen molar-refractivity contribution >= 4 is 15.7 Å². The third-order valence-corrected chi connectivity index (χ3v) is 8.34. The Bertz CT molecular complexity index is 551. The van der Waals surface area contributed by atoms with E-state index in [0.29, 0.717) is 37.9 Å². The van der Waals surface area contributed by atoms with Crippen molar-refractivity contribution in [3.63, 3.8) is 0 Å². The standard InChI is InChI=1S/C14H24N2O4S/c1-9-10-8-11(14(9,2)3)13(12(10)15-17)21(18,19)16-4-6-20-7-5-16/h9-11,13,17H,4-8H2,1-3H3/b15-12+/t9-,10-,11+,13-/m0/s1. The van der Waals surface area contributed by atoms with Gasteiger partial charge in [0.25, 0.3) is 0 Å². The minimum Gasteiger partial charge on any atom is -0.411 e. The Kier molecular flexibility index (Phi) is 3.58. The number of hydrogen-bond acceptors (Lipinski definition) is 5. The van der Waals surface area contributed by atoms with E-state index in [1.165, 1.54) is 4.31 Å². The van der Waals surface area contributed by atoms with E-state index in [2.05, 4.69) is 25.9 Å². The van der Waals surface area contributed by atoms with Crippen LogP contribution in [0, 0.1) is 23.2 Å². The molecule has 1 N–H and O–H groups in total. The predicted octanol–water partition coefficient (Wildman–Crippen LogP) is 1.16. The molecule has 1 heterocycles. The van der Waals surface area contributed by atoms with Crippen molar-refractivity contribution in [1.82, 2.24) is 4.31 Å². The highest BCUT2D eigenvalue weighted by Gasteiger charge is 2.63. The molecule has 7 heteroatoms. The lowest BCUT2D eigenvalue weighted by Crippen LogP contribution is -2.53. The third kappa shape index (κ3) is 2.04. The van der Waals surface area contributed by atoms with Gasteiger partial charge < -0.3 is 9.94 Å². The first-order valence-electron chi connectivity index (χ1n) is 7.60. The molecule has 120 valence electrons. The molecule has 0 radical (unpaired) electrons. The number of hydrogen-bond donors (Lipinski definition) is 1. The summed E-state index contributed by atoms with van der Waals surface area (Å²) in [5.41, 5.74) is 0.418. The van der Waals surface area contributed by atoms with Crippen LogP contribution in [0.3, 0.4) is 0 Å². The van der Waals surface area contributed by atoms with Crippen molar-refractivity contribution in [2.75, 3.05) is 26.3 Å². The van der Waals surface area contributed by atoms with E-state index in [9.17, 15) is 13.6 Å². The Labute approximate surface area is 126 Å². The van der Waals surface area contributed by atoms with Gasteiger partial charge in [-0.1, -0.05) is 25.9 Å². The van der Waals surface area contributed by atoms with Gasteiger partial charge in [-0.05, 0) is 23.7 Å². The summed E-state index contributed by atoms with van der Waals surface area (Å²) in [5.74, 6) is 0.441. The summed E-state index contributed by atoms with van der Waals surface area (Å²) in [4.78, 5) is 0. The van der Waals surface area contributed by atoms with E-state index < -0.39 is 15.3 Å². The average molecular weight is 316 g/mol. The summed E-state index contributed by atoms with van der Waals surface area (Å²) in [7, 11) is -3.49. The fourth-order valence-corrected chi connectivity index (χ4v) is 6.78. The molecule has 1 aliphatic heterocycles. The van der Waals surface area contributed by atoms with Gasteiger partial charge in [0.05, 0.1) is 18.9 Å². The molecule has 3 fully saturated rings. The molecule has 6 nitrogen and oxygen atoms in total. The fourth-order valence-electron chi connectivity index (χ4n) is 4.40. The van der Waals surface area contributed by atoms with E-state index >= 15 is 0 Å². The maximum absolute atomic E-state index is 13.0. The van der Waals surface area contributed by atoms with Crippen LogP contribution in [0.25, 0.3) is 0 Å². The van der Waals surface area contributed by atoms with Crippen molar-refractivity contribution in [1.29, 1.82) is 0 Å². The Balaban J connectivity index is 1.97. The normalized spacial score (nSPS) is 41.8. The van der Waals surface area contributed by atoms with Gasteiger partial charge in [-0.15, -0.1) is 0 Å². The molecule has 0 aromatic carbocycles. The Morgan fingerprint density at radius 1 is 1.33 bits per heavy atom. The van der Waals surface area contributed by atoms with Crippen LogP contribution in [0.1, 0.15) is 27.2 Å². The van der Waals surface area contributed by atoms with E-state index in [4.69, 9.17) is 4.74 Å². The average Bonchev–Trinajstić information content (AvgIpc) is 2.96. The molecule has 2 aliphatic carbocycles. The highest BCUT2D eigenvalue weighted by atomic mass is 32.2. The fraction of sp³-hybridized carbons (Fsp3) is 0.929. The number of ether oxygens (including phenoxy) is 1. The van der Waals surface area contributed by atoms with Gasteiger partial charge in [0.2, 0.25) is 10.0 Å². The second kappa shape index (κ2) is 4.93. The maximum Gasteiger partial charge on any atom is 0.222 e. The number of morpholine rings is 1. The van der Waals surface area contributed by atoms with Gasteiger partial charge in [0, 0.05) is 19.0 Å². The van der Waals surface area contributed by atoms with E-state index in [0.717, 1.165) is 6.42 Å². The molecule has 2 bridgehead atoms. The minimum atomic E-state index is -3.49. The molecular weight excluding hydrogens is 292 g/mol. The molecule has 0 amide bonds. The maximum atomic E-state index is 13.0. The quantitative estimate of drug-likeness (QED) is 0.612. The lowest BCUT2D eigenvalue weighted by molar-refractivity contribution is 0.0719. The molecule has 0 aromatic rings. The van der Waals surface area contributed by atoms with Crippen molar-refractivity contribution in [3.05, 3.63) is 0 Å². The van der Waals surface area contributed by atoms with Crippen LogP contribution in [0.2, 0.25) is 0 Å². The molecule has 1 saturated heterocycles. The van der Waals surface area contributed by atoms with Crippen LogP contribution in [0.15, 0.2) is 5.16 Å². The van der Waals surface area contributed by atoms with Gasteiger partial charge in [-0.25, -0.2) is 8.42 Å². The molecule has 0 aromatic heterocycles. The molecule has 0 spiro atoms. The molecule has 0 unspecified atom stereocenters. The molecule has 21 heavy (non-hydrogen) atoms. The Morgan fingerprint density at radius 3 is 2.52 bits per heavy atom. The number of nitrogens with zero attached hydrogens (tertiary/aromatic N) is 2. The van der Waals surface area contributed by atoms with Gasteiger partial charge in [0.15, 0.2) is 0 Å². The SMILES string of the molecule is C[C@H]1[C@@H]2C[C@H]([C@H](S(=O)(=O)N3CCOCC3)/C2=N/O)C1(C)C. The van der Waals surface area contributed by atoms with Gasteiger partial charge in [-0.2, -0.15) is 4.31 Å². The summed E-state index contributed by atoms with van der Waals surface area (Å²) in [6.07, 6.45) is 0.807.